The normalized spacial score (nSPS) is 20.8. The summed E-state index contributed by atoms with van der Waals surface area (Å²) in [5.74, 6) is 1.16. The summed E-state index contributed by atoms with van der Waals surface area (Å²) in [5.41, 5.74) is 1.25. The standard InChI is InChI=1S/C27H31N3O4/c1-27(26(32)28-20-7-4-3-5-8-20)18-29-22(24-9-6-16-34-24)14-15-23(29)25(31)30(27)17-19-10-12-21(33-2)13-11-19/h6,9-16,20H,3-5,7-8,17-18H2,1-2H3,(H,28,32). The van der Waals surface area contributed by atoms with E-state index >= 15 is 0 Å². The third kappa shape index (κ3) is 4.00. The molecule has 1 saturated carbocycles. The number of nitrogens with one attached hydrogen (secondary N) is 1. The average molecular weight is 462 g/mol. The summed E-state index contributed by atoms with van der Waals surface area (Å²) >= 11 is 0. The van der Waals surface area contributed by atoms with Crippen LogP contribution in [0.1, 0.15) is 55.1 Å². The molecule has 0 saturated heterocycles. The lowest BCUT2D eigenvalue weighted by Gasteiger charge is -2.45. The van der Waals surface area contributed by atoms with Crippen molar-refractivity contribution in [3.63, 3.8) is 0 Å². The lowest BCUT2D eigenvalue weighted by Crippen LogP contribution is -2.64. The number of carbonyl (C=O) groups excluding carboxylic acids is 2. The molecule has 0 bridgehead atoms. The van der Waals surface area contributed by atoms with Gasteiger partial charge in [-0.05, 0) is 61.7 Å². The van der Waals surface area contributed by atoms with Crippen molar-refractivity contribution in [3.05, 3.63) is 66.1 Å². The molecule has 5 rings (SSSR count). The van der Waals surface area contributed by atoms with Gasteiger partial charge in [-0.3, -0.25) is 9.59 Å². The second-order valence-electron chi connectivity index (χ2n) is 9.49. The van der Waals surface area contributed by atoms with Gasteiger partial charge in [-0.15, -0.1) is 0 Å². The van der Waals surface area contributed by atoms with E-state index in [9.17, 15) is 9.59 Å². The number of nitrogens with zero attached hydrogens (tertiary/aromatic N) is 2. The van der Waals surface area contributed by atoms with Crippen molar-refractivity contribution in [1.29, 1.82) is 0 Å². The van der Waals surface area contributed by atoms with Crippen molar-refractivity contribution in [2.75, 3.05) is 7.11 Å². The Hall–Kier alpha value is -3.48. The molecule has 7 nitrogen and oxygen atoms in total. The molecular formula is C27H31N3O4. The molecule has 1 fully saturated rings. The molecule has 2 aromatic heterocycles. The zero-order valence-corrected chi connectivity index (χ0v) is 19.8. The first kappa shape index (κ1) is 22.3. The van der Waals surface area contributed by atoms with E-state index < -0.39 is 5.54 Å². The predicted octanol–water partition coefficient (Wildman–Crippen LogP) is 4.62. The van der Waals surface area contributed by atoms with Gasteiger partial charge in [0.05, 0.1) is 25.6 Å². The van der Waals surface area contributed by atoms with Gasteiger partial charge in [0, 0.05) is 12.6 Å². The molecule has 2 aliphatic rings. The van der Waals surface area contributed by atoms with Crippen LogP contribution < -0.4 is 10.1 Å². The minimum absolute atomic E-state index is 0.106. The fourth-order valence-corrected chi connectivity index (χ4v) is 5.16. The molecule has 1 aromatic carbocycles. The predicted molar refractivity (Wildman–Crippen MR) is 128 cm³/mol. The monoisotopic (exact) mass is 461 g/mol. The van der Waals surface area contributed by atoms with E-state index in [1.54, 1.807) is 18.3 Å². The number of aromatic nitrogens is 1. The van der Waals surface area contributed by atoms with Gasteiger partial charge in [0.1, 0.15) is 22.7 Å². The van der Waals surface area contributed by atoms with Gasteiger partial charge in [0.15, 0.2) is 0 Å². The SMILES string of the molecule is COc1ccc(CN2C(=O)c3ccc(-c4ccco4)n3CC2(C)C(=O)NC2CCCCC2)cc1. The van der Waals surface area contributed by atoms with Gasteiger partial charge in [-0.25, -0.2) is 0 Å². The van der Waals surface area contributed by atoms with Crippen LogP contribution in [0.3, 0.4) is 0 Å². The Morgan fingerprint density at radius 3 is 2.50 bits per heavy atom. The summed E-state index contributed by atoms with van der Waals surface area (Å²) in [6.45, 7) is 2.56. The molecule has 7 heteroatoms. The molecule has 1 aliphatic carbocycles. The second-order valence-corrected chi connectivity index (χ2v) is 9.49. The summed E-state index contributed by atoms with van der Waals surface area (Å²) in [5, 5.41) is 3.27. The quantitative estimate of drug-likeness (QED) is 0.581. The second kappa shape index (κ2) is 9.05. The number of amides is 2. The minimum atomic E-state index is -1.05. The van der Waals surface area contributed by atoms with Crippen molar-refractivity contribution in [2.24, 2.45) is 0 Å². The molecule has 178 valence electrons. The Labute approximate surface area is 199 Å². The molecule has 3 heterocycles. The molecular weight excluding hydrogens is 430 g/mol. The number of methoxy groups -OCH3 is 1. The molecule has 1 aliphatic heterocycles. The van der Waals surface area contributed by atoms with E-state index in [0.29, 0.717) is 24.5 Å². The smallest absolute Gasteiger partial charge is 0.271 e. The number of furan rings is 1. The van der Waals surface area contributed by atoms with E-state index in [0.717, 1.165) is 42.7 Å². The maximum Gasteiger partial charge on any atom is 0.271 e. The van der Waals surface area contributed by atoms with Crippen molar-refractivity contribution < 1.29 is 18.7 Å². The largest absolute Gasteiger partial charge is 0.497 e. The Balaban J connectivity index is 1.51. The molecule has 3 aromatic rings. The number of fused-ring (bicyclic) bond motifs is 1. The highest BCUT2D eigenvalue weighted by Crippen LogP contribution is 2.35. The van der Waals surface area contributed by atoms with Gasteiger partial charge in [0.25, 0.3) is 5.91 Å². The summed E-state index contributed by atoms with van der Waals surface area (Å²) < 4.78 is 12.8. The lowest BCUT2D eigenvalue weighted by atomic mass is 9.91. The fourth-order valence-electron chi connectivity index (χ4n) is 5.16. The number of hydrogen-bond donors (Lipinski definition) is 1. The number of rotatable bonds is 6. The zero-order chi connectivity index (χ0) is 23.7. The van der Waals surface area contributed by atoms with E-state index in [4.69, 9.17) is 9.15 Å². The van der Waals surface area contributed by atoms with Gasteiger partial charge in [-0.2, -0.15) is 0 Å². The maximum atomic E-state index is 13.8. The van der Waals surface area contributed by atoms with Crippen molar-refractivity contribution >= 4 is 11.8 Å². The zero-order valence-electron chi connectivity index (χ0n) is 19.8. The molecule has 1 atom stereocenters. The topological polar surface area (TPSA) is 76.7 Å². The van der Waals surface area contributed by atoms with Crippen molar-refractivity contribution in [1.82, 2.24) is 14.8 Å². The summed E-state index contributed by atoms with van der Waals surface area (Å²) in [6.07, 6.45) is 7.05. The molecule has 1 unspecified atom stereocenters. The van der Waals surface area contributed by atoms with E-state index in [-0.39, 0.29) is 17.9 Å². The molecule has 1 N–H and O–H groups in total. The van der Waals surface area contributed by atoms with E-state index in [1.807, 2.05) is 60.0 Å². The first-order chi connectivity index (χ1) is 16.5. The van der Waals surface area contributed by atoms with E-state index in [1.165, 1.54) is 6.42 Å². The Morgan fingerprint density at radius 2 is 1.82 bits per heavy atom. The van der Waals surface area contributed by atoms with Crippen LogP contribution in [0.15, 0.2) is 59.2 Å². The van der Waals surface area contributed by atoms with Gasteiger partial charge in [0.2, 0.25) is 5.91 Å². The highest BCUT2D eigenvalue weighted by atomic mass is 16.5. The van der Waals surface area contributed by atoms with Crippen LogP contribution in [0.5, 0.6) is 5.75 Å². The fraction of sp³-hybridized carbons (Fsp3) is 0.407. The highest BCUT2D eigenvalue weighted by molar-refractivity contribution is 6.00. The van der Waals surface area contributed by atoms with E-state index in [2.05, 4.69) is 5.32 Å². The van der Waals surface area contributed by atoms with Crippen LogP contribution in [-0.4, -0.2) is 40.0 Å². The Kier molecular flexibility index (Phi) is 5.94. The highest BCUT2D eigenvalue weighted by Gasteiger charge is 2.48. The van der Waals surface area contributed by atoms with Gasteiger partial charge < -0.3 is 23.9 Å². The van der Waals surface area contributed by atoms with Crippen molar-refractivity contribution in [2.45, 2.75) is 63.7 Å². The summed E-state index contributed by atoms with van der Waals surface area (Å²) in [7, 11) is 1.63. The first-order valence-corrected chi connectivity index (χ1v) is 12.0. The third-order valence-electron chi connectivity index (χ3n) is 7.21. The van der Waals surface area contributed by atoms with Crippen LogP contribution in [-0.2, 0) is 17.9 Å². The van der Waals surface area contributed by atoms with Crippen LogP contribution in [0.25, 0.3) is 11.5 Å². The third-order valence-corrected chi connectivity index (χ3v) is 7.21. The number of ether oxygens (including phenoxy) is 1. The van der Waals surface area contributed by atoms with Gasteiger partial charge in [-0.1, -0.05) is 31.4 Å². The van der Waals surface area contributed by atoms with Crippen molar-refractivity contribution in [3.8, 4) is 17.2 Å². The first-order valence-electron chi connectivity index (χ1n) is 12.0. The molecule has 2 amide bonds. The molecule has 34 heavy (non-hydrogen) atoms. The Bertz CT molecular complexity index is 1160. The maximum absolute atomic E-state index is 13.8. The summed E-state index contributed by atoms with van der Waals surface area (Å²) in [4.78, 5) is 29.3. The average Bonchev–Trinajstić information content (AvgIpc) is 3.53. The molecule has 0 spiro atoms. The minimum Gasteiger partial charge on any atom is -0.497 e. The van der Waals surface area contributed by atoms with Crippen LogP contribution >= 0.6 is 0 Å². The van der Waals surface area contributed by atoms with Crippen LogP contribution in [0, 0.1) is 0 Å². The lowest BCUT2D eigenvalue weighted by molar-refractivity contribution is -0.134. The van der Waals surface area contributed by atoms with Gasteiger partial charge >= 0.3 is 0 Å². The summed E-state index contributed by atoms with van der Waals surface area (Å²) in [6, 6.07) is 15.2. The Morgan fingerprint density at radius 1 is 1.09 bits per heavy atom. The number of carbonyl (C=O) groups is 2. The number of hydrogen-bond acceptors (Lipinski definition) is 4. The van der Waals surface area contributed by atoms with Crippen LogP contribution in [0.2, 0.25) is 0 Å². The van der Waals surface area contributed by atoms with Crippen LogP contribution in [0.4, 0.5) is 0 Å². The number of benzene rings is 1. The molecule has 0 radical (unpaired) electrons.